The monoisotopic (exact) mass is 326 g/mol. The topological polar surface area (TPSA) is 76.7 Å². The summed E-state index contributed by atoms with van der Waals surface area (Å²) in [5.41, 5.74) is 2.60. The Morgan fingerprint density at radius 2 is 2.17 bits per heavy atom. The van der Waals surface area contributed by atoms with Crippen LogP contribution in [0.1, 0.15) is 11.1 Å². The summed E-state index contributed by atoms with van der Waals surface area (Å²) >= 11 is 0. The van der Waals surface area contributed by atoms with E-state index in [1.165, 1.54) is 0 Å². The van der Waals surface area contributed by atoms with Crippen molar-refractivity contribution in [2.45, 2.75) is 13.5 Å². The van der Waals surface area contributed by atoms with Crippen LogP contribution in [0.25, 0.3) is 0 Å². The Morgan fingerprint density at radius 3 is 3.00 bits per heavy atom. The molecule has 2 aromatic rings. The molecular formula is C18H18N2O4. The van der Waals surface area contributed by atoms with E-state index in [1.807, 2.05) is 37.3 Å². The van der Waals surface area contributed by atoms with Gasteiger partial charge in [0, 0.05) is 6.54 Å². The van der Waals surface area contributed by atoms with E-state index in [4.69, 9.17) is 9.47 Å². The number of fused-ring (bicyclic) bond motifs is 1. The normalized spacial score (nSPS) is 12.6. The minimum atomic E-state index is -0.205. The van der Waals surface area contributed by atoms with Crippen molar-refractivity contribution >= 4 is 17.5 Å². The quantitative estimate of drug-likeness (QED) is 0.881. The van der Waals surface area contributed by atoms with Gasteiger partial charge in [0.05, 0.1) is 5.69 Å². The number of aryl methyl sites for hydroxylation is 1. The Kier molecular flexibility index (Phi) is 4.65. The Labute approximate surface area is 139 Å². The summed E-state index contributed by atoms with van der Waals surface area (Å²) in [6.45, 7) is 2.29. The van der Waals surface area contributed by atoms with Gasteiger partial charge in [-0.3, -0.25) is 9.59 Å². The summed E-state index contributed by atoms with van der Waals surface area (Å²) < 4.78 is 10.8. The van der Waals surface area contributed by atoms with Crippen LogP contribution in [0.4, 0.5) is 5.69 Å². The van der Waals surface area contributed by atoms with Gasteiger partial charge in [0.25, 0.3) is 11.8 Å². The van der Waals surface area contributed by atoms with Gasteiger partial charge >= 0.3 is 0 Å². The molecule has 0 saturated carbocycles. The zero-order chi connectivity index (χ0) is 16.9. The Hall–Kier alpha value is -3.02. The van der Waals surface area contributed by atoms with Crippen LogP contribution in [0.3, 0.4) is 0 Å². The first-order valence-electron chi connectivity index (χ1n) is 7.62. The number of hydrogen-bond donors (Lipinski definition) is 2. The number of amides is 2. The Balaban J connectivity index is 1.50. The van der Waals surface area contributed by atoms with Gasteiger partial charge in [-0.15, -0.1) is 0 Å². The second-order valence-electron chi connectivity index (χ2n) is 5.55. The van der Waals surface area contributed by atoms with Crippen molar-refractivity contribution < 1.29 is 19.1 Å². The van der Waals surface area contributed by atoms with Crippen LogP contribution < -0.4 is 20.1 Å². The van der Waals surface area contributed by atoms with Crippen LogP contribution >= 0.6 is 0 Å². The van der Waals surface area contributed by atoms with E-state index >= 15 is 0 Å². The zero-order valence-electron chi connectivity index (χ0n) is 13.3. The highest BCUT2D eigenvalue weighted by atomic mass is 16.5. The van der Waals surface area contributed by atoms with Crippen LogP contribution in [0, 0.1) is 6.92 Å². The molecule has 0 aliphatic carbocycles. The van der Waals surface area contributed by atoms with E-state index in [0.717, 1.165) is 11.1 Å². The molecular weight excluding hydrogens is 308 g/mol. The maximum Gasteiger partial charge on any atom is 0.262 e. The molecule has 0 fully saturated rings. The van der Waals surface area contributed by atoms with E-state index in [1.54, 1.807) is 12.1 Å². The lowest BCUT2D eigenvalue weighted by Gasteiger charge is -2.18. The third kappa shape index (κ3) is 4.04. The van der Waals surface area contributed by atoms with E-state index < -0.39 is 0 Å². The number of hydrogen-bond acceptors (Lipinski definition) is 4. The van der Waals surface area contributed by atoms with Gasteiger partial charge in [0.2, 0.25) is 0 Å². The van der Waals surface area contributed by atoms with Crippen LogP contribution in [-0.4, -0.2) is 25.0 Å². The molecule has 1 heterocycles. The van der Waals surface area contributed by atoms with Gasteiger partial charge in [-0.05, 0) is 42.3 Å². The predicted molar refractivity (Wildman–Crippen MR) is 89.1 cm³/mol. The van der Waals surface area contributed by atoms with Gasteiger partial charge < -0.3 is 20.1 Å². The minimum Gasteiger partial charge on any atom is -0.484 e. The predicted octanol–water partition coefficient (Wildman–Crippen LogP) is 2.02. The number of rotatable bonds is 5. The lowest BCUT2D eigenvalue weighted by atomic mass is 10.1. The van der Waals surface area contributed by atoms with Crippen molar-refractivity contribution in [3.8, 4) is 11.5 Å². The van der Waals surface area contributed by atoms with Crippen LogP contribution in [0.5, 0.6) is 11.5 Å². The molecule has 1 aliphatic heterocycles. The van der Waals surface area contributed by atoms with Gasteiger partial charge in [-0.2, -0.15) is 0 Å². The summed E-state index contributed by atoms with van der Waals surface area (Å²) in [5.74, 6) is 0.903. The molecule has 6 heteroatoms. The highest BCUT2D eigenvalue weighted by molar-refractivity contribution is 5.95. The number of carbonyl (C=O) groups is 2. The first kappa shape index (κ1) is 15.9. The fourth-order valence-corrected chi connectivity index (χ4v) is 2.33. The van der Waals surface area contributed by atoms with Crippen molar-refractivity contribution in [2.24, 2.45) is 0 Å². The summed E-state index contributed by atoms with van der Waals surface area (Å²) in [4.78, 5) is 23.1. The first-order valence-corrected chi connectivity index (χ1v) is 7.62. The van der Waals surface area contributed by atoms with Crippen LogP contribution in [-0.2, 0) is 16.1 Å². The van der Waals surface area contributed by atoms with E-state index in [9.17, 15) is 9.59 Å². The smallest absolute Gasteiger partial charge is 0.262 e. The zero-order valence-corrected chi connectivity index (χ0v) is 13.3. The summed E-state index contributed by atoms with van der Waals surface area (Å²) in [7, 11) is 0. The maximum atomic E-state index is 11.9. The summed E-state index contributed by atoms with van der Waals surface area (Å²) in [6, 6.07) is 12.9. The van der Waals surface area contributed by atoms with Gasteiger partial charge in [0.15, 0.2) is 13.2 Å². The van der Waals surface area contributed by atoms with Gasteiger partial charge in [0.1, 0.15) is 11.5 Å². The molecule has 0 unspecified atom stereocenters. The van der Waals surface area contributed by atoms with Crippen molar-refractivity contribution in [2.75, 3.05) is 18.5 Å². The van der Waals surface area contributed by atoms with E-state index in [-0.39, 0.29) is 25.0 Å². The van der Waals surface area contributed by atoms with Crippen LogP contribution in [0.15, 0.2) is 42.5 Å². The number of benzene rings is 2. The molecule has 0 atom stereocenters. The molecule has 0 saturated heterocycles. The second-order valence-corrected chi connectivity index (χ2v) is 5.55. The van der Waals surface area contributed by atoms with E-state index in [0.29, 0.717) is 23.7 Å². The number of carbonyl (C=O) groups excluding carboxylic acids is 2. The average molecular weight is 326 g/mol. The number of nitrogens with one attached hydrogen (secondary N) is 2. The fraction of sp³-hybridized carbons (Fsp3) is 0.222. The fourth-order valence-electron chi connectivity index (χ4n) is 2.33. The standard InChI is InChI=1S/C18H18N2O4/c1-12-3-2-4-14(7-12)23-10-17(21)19-9-13-5-6-15-16(8-13)24-11-18(22)20-15/h2-8H,9-11H2,1H3,(H,19,21)(H,20,22). The molecule has 0 spiro atoms. The third-order valence-corrected chi connectivity index (χ3v) is 3.53. The molecule has 124 valence electrons. The molecule has 0 radical (unpaired) electrons. The highest BCUT2D eigenvalue weighted by Crippen LogP contribution is 2.28. The number of anilines is 1. The lowest BCUT2D eigenvalue weighted by Crippen LogP contribution is -2.29. The SMILES string of the molecule is Cc1cccc(OCC(=O)NCc2ccc3c(c2)OCC(=O)N3)c1. The van der Waals surface area contributed by atoms with E-state index in [2.05, 4.69) is 10.6 Å². The Bertz CT molecular complexity index is 773. The van der Waals surface area contributed by atoms with Crippen molar-refractivity contribution in [3.05, 3.63) is 53.6 Å². The molecule has 3 rings (SSSR count). The molecule has 1 aliphatic rings. The van der Waals surface area contributed by atoms with Gasteiger partial charge in [-0.1, -0.05) is 18.2 Å². The molecule has 24 heavy (non-hydrogen) atoms. The minimum absolute atomic E-state index is 0.00709. The lowest BCUT2D eigenvalue weighted by molar-refractivity contribution is -0.123. The summed E-state index contributed by atoms with van der Waals surface area (Å²) in [6.07, 6.45) is 0. The summed E-state index contributed by atoms with van der Waals surface area (Å²) in [5, 5.41) is 5.52. The van der Waals surface area contributed by atoms with Crippen molar-refractivity contribution in [1.82, 2.24) is 5.32 Å². The highest BCUT2D eigenvalue weighted by Gasteiger charge is 2.16. The maximum absolute atomic E-state index is 11.9. The van der Waals surface area contributed by atoms with Crippen LogP contribution in [0.2, 0.25) is 0 Å². The Morgan fingerprint density at radius 1 is 1.29 bits per heavy atom. The molecule has 0 bridgehead atoms. The molecule has 6 nitrogen and oxygen atoms in total. The molecule has 0 aromatic heterocycles. The third-order valence-electron chi connectivity index (χ3n) is 3.53. The second kappa shape index (κ2) is 7.04. The number of ether oxygens (including phenoxy) is 2. The molecule has 2 amide bonds. The van der Waals surface area contributed by atoms with Crippen molar-refractivity contribution in [3.63, 3.8) is 0 Å². The average Bonchev–Trinajstić information content (AvgIpc) is 2.58. The molecule has 2 N–H and O–H groups in total. The van der Waals surface area contributed by atoms with Crippen molar-refractivity contribution in [1.29, 1.82) is 0 Å². The first-order chi connectivity index (χ1) is 11.6. The largest absolute Gasteiger partial charge is 0.484 e. The molecule has 2 aromatic carbocycles. The van der Waals surface area contributed by atoms with Gasteiger partial charge in [-0.25, -0.2) is 0 Å².